The van der Waals surface area contributed by atoms with Gasteiger partial charge in [0.05, 0.1) is 13.3 Å². The Labute approximate surface area is 153 Å². The van der Waals surface area contributed by atoms with Crippen molar-refractivity contribution in [1.82, 2.24) is 14.8 Å². The first-order chi connectivity index (χ1) is 12.5. The van der Waals surface area contributed by atoms with Crippen molar-refractivity contribution in [1.29, 1.82) is 0 Å². The van der Waals surface area contributed by atoms with Gasteiger partial charge < -0.3 is 19.4 Å². The lowest BCUT2D eigenvalue weighted by molar-refractivity contribution is 0.382. The molecule has 0 amide bonds. The van der Waals surface area contributed by atoms with Crippen LogP contribution < -0.4 is 15.2 Å². The van der Waals surface area contributed by atoms with Crippen LogP contribution in [0.25, 0.3) is 10.8 Å². The van der Waals surface area contributed by atoms with Crippen molar-refractivity contribution in [2.75, 3.05) is 31.3 Å². The number of piperidine rings is 1. The molecule has 3 heterocycles. The fraction of sp³-hybridized carbons (Fsp3) is 0.588. The Hall–Kier alpha value is -1.76. The molecular weight excluding hydrogens is 355 g/mol. The maximum Gasteiger partial charge on any atom is 0.280 e. The van der Waals surface area contributed by atoms with Gasteiger partial charge in [0.1, 0.15) is 11.2 Å². The van der Waals surface area contributed by atoms with Gasteiger partial charge in [-0.2, -0.15) is 10.1 Å². The molecule has 0 atom stereocenters. The third-order valence-corrected chi connectivity index (χ3v) is 5.61. The number of aromatic nitrogens is 3. The van der Waals surface area contributed by atoms with E-state index in [2.05, 4.69) is 15.0 Å². The monoisotopic (exact) mass is 380 g/mol. The second kappa shape index (κ2) is 8.29. The van der Waals surface area contributed by atoms with Crippen molar-refractivity contribution >= 4 is 25.0 Å². The summed E-state index contributed by atoms with van der Waals surface area (Å²) >= 11 is 0. The molecule has 2 aromatic heterocycles. The van der Waals surface area contributed by atoms with Crippen molar-refractivity contribution in [3.05, 3.63) is 22.6 Å². The molecule has 1 fully saturated rings. The van der Waals surface area contributed by atoms with Crippen LogP contribution in [0.15, 0.2) is 17.1 Å². The summed E-state index contributed by atoms with van der Waals surface area (Å²) in [4.78, 5) is 37.4. The number of hydrogen-bond donors (Lipinski definition) is 2. The van der Waals surface area contributed by atoms with Crippen LogP contribution in [0.5, 0.6) is 5.88 Å². The topological polar surface area (TPSA) is 101 Å². The average Bonchev–Trinajstić information content (AvgIpc) is 2.66. The number of fused-ring (bicyclic) bond motifs is 1. The molecule has 26 heavy (non-hydrogen) atoms. The van der Waals surface area contributed by atoms with Crippen molar-refractivity contribution < 1.29 is 14.5 Å². The SMILES string of the molecule is CCn1ncc2cc(N3CCC(CCP(O)O)CC3)nc(OC)c2c1=O. The smallest absolute Gasteiger partial charge is 0.280 e. The quantitative estimate of drug-likeness (QED) is 0.736. The molecule has 0 unspecified atom stereocenters. The van der Waals surface area contributed by atoms with Gasteiger partial charge in [0.15, 0.2) is 8.38 Å². The van der Waals surface area contributed by atoms with E-state index in [1.165, 1.54) is 11.8 Å². The Morgan fingerprint density at radius 3 is 2.69 bits per heavy atom. The lowest BCUT2D eigenvalue weighted by atomic mass is 9.94. The highest BCUT2D eigenvalue weighted by Crippen LogP contribution is 2.32. The molecule has 1 aliphatic heterocycles. The van der Waals surface area contributed by atoms with Crippen LogP contribution >= 0.6 is 8.38 Å². The van der Waals surface area contributed by atoms with E-state index < -0.39 is 8.38 Å². The van der Waals surface area contributed by atoms with E-state index in [0.29, 0.717) is 29.9 Å². The Morgan fingerprint density at radius 1 is 1.35 bits per heavy atom. The van der Waals surface area contributed by atoms with Gasteiger partial charge >= 0.3 is 0 Å². The standard InChI is InChI=1S/C17H25N4O4P/c1-3-21-17(22)15-13(11-18-21)10-14(19-16(15)25-2)20-7-4-12(5-8-20)6-9-26(23)24/h10-12,23-24H,3-9H2,1-2H3. The number of nitrogens with zero attached hydrogens (tertiary/aromatic N) is 4. The number of aryl methyl sites for hydroxylation is 1. The molecule has 0 bridgehead atoms. The van der Waals surface area contributed by atoms with Crippen molar-refractivity contribution in [3.63, 3.8) is 0 Å². The van der Waals surface area contributed by atoms with Gasteiger partial charge in [0.2, 0.25) is 5.88 Å². The molecule has 0 spiro atoms. The average molecular weight is 380 g/mol. The summed E-state index contributed by atoms with van der Waals surface area (Å²) in [5.41, 5.74) is -0.191. The molecule has 0 aliphatic carbocycles. The second-order valence-electron chi connectivity index (χ2n) is 6.53. The van der Waals surface area contributed by atoms with Crippen LogP contribution in [0, 0.1) is 5.92 Å². The lowest BCUT2D eigenvalue weighted by Crippen LogP contribution is -2.34. The van der Waals surface area contributed by atoms with E-state index in [4.69, 9.17) is 14.5 Å². The number of ether oxygens (including phenoxy) is 1. The largest absolute Gasteiger partial charge is 0.480 e. The lowest BCUT2D eigenvalue weighted by Gasteiger charge is -2.33. The Balaban J connectivity index is 1.82. The van der Waals surface area contributed by atoms with E-state index in [1.807, 2.05) is 13.0 Å². The molecule has 8 nitrogen and oxygen atoms in total. The summed E-state index contributed by atoms with van der Waals surface area (Å²) in [6, 6.07) is 1.90. The molecule has 142 valence electrons. The fourth-order valence-electron chi connectivity index (χ4n) is 3.44. The maximum atomic E-state index is 12.5. The fourth-order valence-corrected chi connectivity index (χ4v) is 4.04. The first-order valence-corrected chi connectivity index (χ1v) is 10.3. The summed E-state index contributed by atoms with van der Waals surface area (Å²) in [5, 5.41) is 5.39. The van der Waals surface area contributed by atoms with E-state index >= 15 is 0 Å². The summed E-state index contributed by atoms with van der Waals surface area (Å²) in [6.07, 6.45) is 4.99. The van der Waals surface area contributed by atoms with Crippen LogP contribution in [0.4, 0.5) is 5.82 Å². The van der Waals surface area contributed by atoms with E-state index in [9.17, 15) is 4.79 Å². The molecule has 3 rings (SSSR count). The summed E-state index contributed by atoms with van der Waals surface area (Å²) in [6.45, 7) is 4.06. The first kappa shape index (κ1) is 19.0. The number of methoxy groups -OCH3 is 1. The zero-order chi connectivity index (χ0) is 18.7. The highest BCUT2D eigenvalue weighted by atomic mass is 31.2. The number of rotatable bonds is 6. The van der Waals surface area contributed by atoms with Crippen molar-refractivity contribution in [2.45, 2.75) is 32.7 Å². The normalized spacial score (nSPS) is 15.8. The van der Waals surface area contributed by atoms with Gasteiger partial charge in [-0.1, -0.05) is 0 Å². The Kier molecular flexibility index (Phi) is 6.06. The van der Waals surface area contributed by atoms with Crippen LogP contribution in [-0.4, -0.2) is 50.9 Å². The van der Waals surface area contributed by atoms with Gasteiger partial charge in [0, 0.05) is 31.2 Å². The van der Waals surface area contributed by atoms with Crippen LogP contribution in [0.3, 0.4) is 0 Å². The molecule has 0 saturated carbocycles. The maximum absolute atomic E-state index is 12.5. The number of hydrogen-bond acceptors (Lipinski definition) is 7. The van der Waals surface area contributed by atoms with E-state index in [0.717, 1.165) is 43.6 Å². The molecule has 1 aliphatic rings. The molecule has 0 aromatic carbocycles. The molecule has 0 radical (unpaired) electrons. The van der Waals surface area contributed by atoms with Gasteiger partial charge in [-0.3, -0.25) is 4.79 Å². The van der Waals surface area contributed by atoms with Gasteiger partial charge in [-0.05, 0) is 38.2 Å². The van der Waals surface area contributed by atoms with Gasteiger partial charge in [0.25, 0.3) is 5.56 Å². The van der Waals surface area contributed by atoms with Crippen molar-refractivity contribution in [3.8, 4) is 5.88 Å². The zero-order valence-electron chi connectivity index (χ0n) is 15.1. The Morgan fingerprint density at radius 2 is 2.08 bits per heavy atom. The minimum atomic E-state index is -1.80. The van der Waals surface area contributed by atoms with Gasteiger partial charge in [-0.15, -0.1) is 0 Å². The van der Waals surface area contributed by atoms with Crippen LogP contribution in [0.1, 0.15) is 26.2 Å². The predicted octanol–water partition coefficient (Wildman–Crippen LogP) is 1.72. The highest BCUT2D eigenvalue weighted by Gasteiger charge is 2.22. The van der Waals surface area contributed by atoms with Gasteiger partial charge in [-0.25, -0.2) is 4.68 Å². The van der Waals surface area contributed by atoms with Crippen LogP contribution in [-0.2, 0) is 6.54 Å². The third-order valence-electron chi connectivity index (χ3n) is 4.96. The zero-order valence-corrected chi connectivity index (χ0v) is 16.0. The van der Waals surface area contributed by atoms with E-state index in [1.54, 1.807) is 6.20 Å². The summed E-state index contributed by atoms with van der Waals surface area (Å²) in [7, 11) is -0.271. The predicted molar refractivity (Wildman–Crippen MR) is 102 cm³/mol. The first-order valence-electron chi connectivity index (χ1n) is 8.88. The highest BCUT2D eigenvalue weighted by molar-refractivity contribution is 7.45. The number of pyridine rings is 1. The van der Waals surface area contributed by atoms with Crippen LogP contribution in [0.2, 0.25) is 0 Å². The minimum absolute atomic E-state index is 0.191. The molecule has 1 saturated heterocycles. The molecule has 9 heteroatoms. The minimum Gasteiger partial charge on any atom is -0.480 e. The summed E-state index contributed by atoms with van der Waals surface area (Å²) < 4.78 is 6.79. The molecular formula is C17H25N4O4P. The summed E-state index contributed by atoms with van der Waals surface area (Å²) in [5.74, 6) is 1.63. The molecule has 2 aromatic rings. The van der Waals surface area contributed by atoms with E-state index in [-0.39, 0.29) is 5.56 Å². The second-order valence-corrected chi connectivity index (χ2v) is 7.73. The van der Waals surface area contributed by atoms with Crippen molar-refractivity contribution in [2.24, 2.45) is 5.92 Å². The molecule has 2 N–H and O–H groups in total. The number of anilines is 1. The third kappa shape index (κ3) is 3.98. The Bertz CT molecular complexity index is 818.